The predicted octanol–water partition coefficient (Wildman–Crippen LogP) is 5.68. The van der Waals surface area contributed by atoms with E-state index in [1.807, 2.05) is 18.2 Å². The normalized spacial score (nSPS) is 20.7. The molecule has 2 amide bonds. The number of likely N-dealkylation sites (N-methyl/N-ethyl adjacent to an activating group) is 1. The van der Waals surface area contributed by atoms with Gasteiger partial charge in [-0.25, -0.2) is 23.5 Å². The van der Waals surface area contributed by atoms with E-state index in [0.717, 1.165) is 74.8 Å². The number of nitrogens with one attached hydrogen (secondary N) is 3. The molecule has 2 atom stereocenters. The molecule has 2 unspecified atom stereocenters. The zero-order chi connectivity index (χ0) is 42.6. The van der Waals surface area contributed by atoms with Crippen LogP contribution in [0.1, 0.15) is 98.0 Å². The van der Waals surface area contributed by atoms with Crippen LogP contribution in [0.2, 0.25) is 0 Å². The lowest BCUT2D eigenvalue weighted by Crippen LogP contribution is -2.47. The lowest BCUT2D eigenvalue weighted by molar-refractivity contribution is -0.128. The Morgan fingerprint density at radius 3 is 2.64 bits per heavy atom. The van der Waals surface area contributed by atoms with Gasteiger partial charge in [-0.3, -0.25) is 23.4 Å². The summed E-state index contributed by atoms with van der Waals surface area (Å²) >= 11 is 0. The van der Waals surface area contributed by atoms with E-state index in [1.165, 1.54) is 25.3 Å². The lowest BCUT2D eigenvalue weighted by atomic mass is 9.86. The number of aryl methyl sites for hydroxylation is 2. The number of aromatic nitrogens is 6. The van der Waals surface area contributed by atoms with Crippen molar-refractivity contribution in [3.8, 4) is 11.5 Å². The number of imidazole rings is 1. The van der Waals surface area contributed by atoms with Gasteiger partial charge in [0.2, 0.25) is 11.8 Å². The van der Waals surface area contributed by atoms with Crippen LogP contribution in [0, 0.1) is 11.8 Å². The first-order valence-corrected chi connectivity index (χ1v) is 21.3. The Labute approximate surface area is 351 Å². The van der Waals surface area contributed by atoms with Gasteiger partial charge < -0.3 is 35.1 Å². The van der Waals surface area contributed by atoms with E-state index in [0.29, 0.717) is 42.9 Å². The first-order valence-electron chi connectivity index (χ1n) is 21.3. The third-order valence-electron chi connectivity index (χ3n) is 12.2. The van der Waals surface area contributed by atoms with E-state index < -0.39 is 30.3 Å². The van der Waals surface area contributed by atoms with Gasteiger partial charge >= 0.3 is 5.69 Å². The fourth-order valence-electron chi connectivity index (χ4n) is 8.53. The van der Waals surface area contributed by atoms with Gasteiger partial charge in [-0.05, 0) is 106 Å². The Morgan fingerprint density at radius 2 is 1.87 bits per heavy atom. The van der Waals surface area contributed by atoms with E-state index in [4.69, 9.17) is 9.15 Å². The van der Waals surface area contributed by atoms with E-state index in [1.54, 1.807) is 39.2 Å². The molecular weight excluding hydrogens is 791 g/mol. The minimum absolute atomic E-state index is 0.0323. The van der Waals surface area contributed by atoms with Crippen LogP contribution in [0.15, 0.2) is 58.2 Å². The molecule has 0 spiro atoms. The van der Waals surface area contributed by atoms with Gasteiger partial charge in [-0.15, -0.1) is 0 Å². The molecule has 2 saturated carbocycles. The van der Waals surface area contributed by atoms with Crippen molar-refractivity contribution in [2.75, 3.05) is 50.5 Å². The molecule has 0 radical (unpaired) electrons. The van der Waals surface area contributed by atoms with Crippen LogP contribution in [-0.2, 0) is 23.0 Å². The monoisotopic (exact) mass is 844 g/mol. The van der Waals surface area contributed by atoms with Gasteiger partial charge in [0.25, 0.3) is 12.3 Å². The smallest absolute Gasteiger partial charge is 0.329 e. The third kappa shape index (κ3) is 10.0. The van der Waals surface area contributed by atoms with Gasteiger partial charge in [0, 0.05) is 57.7 Å². The molecule has 1 aromatic carbocycles. The number of hydrogen-bond donors (Lipinski definition) is 4. The van der Waals surface area contributed by atoms with Crippen molar-refractivity contribution in [1.82, 2.24) is 39.1 Å². The second-order valence-corrected chi connectivity index (χ2v) is 16.8. The Morgan fingerprint density at radius 1 is 1.07 bits per heavy atom. The van der Waals surface area contributed by atoms with Crippen molar-refractivity contribution in [2.45, 2.75) is 88.9 Å². The van der Waals surface area contributed by atoms with Gasteiger partial charge in [-0.2, -0.15) is 5.10 Å². The average molecular weight is 845 g/mol. The summed E-state index contributed by atoms with van der Waals surface area (Å²) in [6, 6.07) is 8.88. The number of hydrogen-bond acceptors (Lipinski definition) is 11. The number of nitrogens with zero attached hydrogens (tertiary/aromatic N) is 7. The molecule has 3 fully saturated rings. The summed E-state index contributed by atoms with van der Waals surface area (Å²) in [4.78, 5) is 48.8. The molecule has 3 aliphatic rings. The fourth-order valence-corrected chi connectivity index (χ4v) is 8.53. The second kappa shape index (κ2) is 18.7. The molecule has 5 aromatic rings. The highest BCUT2D eigenvalue weighted by atomic mass is 19.3. The number of fused-ring (bicyclic) bond motifs is 1. The predicted molar refractivity (Wildman–Crippen MR) is 223 cm³/mol. The number of piperidine rings is 1. The highest BCUT2D eigenvalue weighted by Gasteiger charge is 2.32. The summed E-state index contributed by atoms with van der Waals surface area (Å²) in [6.45, 7) is 3.72. The number of oxazole rings is 1. The highest BCUT2D eigenvalue weighted by molar-refractivity contribution is 6.03. The van der Waals surface area contributed by atoms with E-state index in [2.05, 4.69) is 43.0 Å². The number of amides is 2. The first kappa shape index (κ1) is 42.2. The molecule has 1 saturated heterocycles. The standard InChI is InChI=1S/C43H54F2N10O6/c1-52(17-19-60-18-3-4-26-9-12-33-35(20-26)53(2)43(59)55(33)34-13-14-37(56)50-41(34)58)23-28-7-10-30(11-8-28)54-24-31(38(51-54)39(44)45)48-40(57)32-25-61-42(49-32)29-15-16-46-36(21-29)47-22-27-5-6-27/h9,12,15-16,20-21,24-25,27-28,30,34,39,41,58H,3-8,10-11,13-14,17-19,22-23H2,1-2H3,(H,46,47)(H,48,57)(H,50,56). The summed E-state index contributed by atoms with van der Waals surface area (Å²) in [5.74, 6) is 1.16. The molecule has 18 heteroatoms. The average Bonchev–Trinajstić information content (AvgIpc) is 3.66. The van der Waals surface area contributed by atoms with Crippen molar-refractivity contribution >= 4 is 34.4 Å². The lowest BCUT2D eigenvalue weighted by Gasteiger charge is -2.31. The first-order chi connectivity index (χ1) is 29.5. The van der Waals surface area contributed by atoms with Crippen LogP contribution in [0.4, 0.5) is 20.3 Å². The van der Waals surface area contributed by atoms with Gasteiger partial charge in [0.05, 0.1) is 35.4 Å². The SMILES string of the molecule is CN(CCOCCCc1ccc2c(c1)n(C)c(=O)n2C1CCC(=O)NC1O)CC1CCC(n2cc(NC(=O)c3coc(-c4ccnc(NCC5CC5)c4)n3)c(C(F)F)n2)CC1. The molecule has 326 valence electrons. The number of pyridine rings is 1. The molecule has 0 bridgehead atoms. The van der Waals surface area contributed by atoms with Crippen molar-refractivity contribution in [1.29, 1.82) is 0 Å². The van der Waals surface area contributed by atoms with Gasteiger partial charge in [0.1, 0.15) is 18.3 Å². The summed E-state index contributed by atoms with van der Waals surface area (Å²) in [5.41, 5.74) is 2.47. The number of rotatable bonds is 18. The Bertz CT molecular complexity index is 2380. The van der Waals surface area contributed by atoms with Crippen molar-refractivity contribution in [3.05, 3.63) is 76.4 Å². The highest BCUT2D eigenvalue weighted by Crippen LogP contribution is 2.36. The van der Waals surface area contributed by atoms with Gasteiger partial charge in [-0.1, -0.05) is 6.07 Å². The number of aliphatic hydroxyl groups excluding tert-OH is 1. The van der Waals surface area contributed by atoms with Gasteiger partial charge in [0.15, 0.2) is 11.4 Å². The number of benzene rings is 1. The quantitative estimate of drug-likeness (QED) is 0.0796. The van der Waals surface area contributed by atoms with E-state index in [-0.39, 0.29) is 41.3 Å². The number of alkyl halides is 2. The summed E-state index contributed by atoms with van der Waals surface area (Å²) in [6.07, 6.45) is 8.47. The van der Waals surface area contributed by atoms with Crippen molar-refractivity contribution in [2.24, 2.45) is 18.9 Å². The molecule has 5 heterocycles. The Kier molecular flexibility index (Phi) is 12.9. The van der Waals surface area contributed by atoms with Crippen LogP contribution >= 0.6 is 0 Å². The number of carbonyl (C=O) groups excluding carboxylic acids is 2. The Balaban J connectivity index is 0.756. The number of halogens is 2. The molecule has 16 nitrogen and oxygen atoms in total. The molecule has 4 aromatic heterocycles. The minimum atomic E-state index is -2.87. The van der Waals surface area contributed by atoms with Crippen LogP contribution in [0.5, 0.6) is 0 Å². The van der Waals surface area contributed by atoms with Crippen LogP contribution < -0.4 is 21.6 Å². The van der Waals surface area contributed by atoms with Crippen LogP contribution in [0.3, 0.4) is 0 Å². The number of anilines is 2. The maximum atomic E-state index is 14.1. The largest absolute Gasteiger partial charge is 0.444 e. The summed E-state index contributed by atoms with van der Waals surface area (Å²) in [5, 5.41) is 23.1. The number of carbonyl (C=O) groups is 2. The van der Waals surface area contributed by atoms with Crippen LogP contribution in [-0.4, -0.2) is 96.8 Å². The molecule has 8 rings (SSSR count). The maximum absolute atomic E-state index is 14.1. The van der Waals surface area contributed by atoms with Crippen molar-refractivity contribution in [3.63, 3.8) is 0 Å². The zero-order valence-corrected chi connectivity index (χ0v) is 34.6. The minimum Gasteiger partial charge on any atom is -0.444 e. The molecular formula is C43H54F2N10O6. The molecule has 61 heavy (non-hydrogen) atoms. The van der Waals surface area contributed by atoms with Crippen LogP contribution in [0.25, 0.3) is 22.5 Å². The molecule has 4 N–H and O–H groups in total. The molecule has 1 aliphatic heterocycles. The third-order valence-corrected chi connectivity index (χ3v) is 12.2. The fraction of sp³-hybridized carbons (Fsp3) is 0.535. The Hall–Kier alpha value is -5.46. The summed E-state index contributed by atoms with van der Waals surface area (Å²) < 4.78 is 44.6. The number of ether oxygens (including phenoxy) is 1. The maximum Gasteiger partial charge on any atom is 0.329 e. The van der Waals surface area contributed by atoms with E-state index in [9.17, 15) is 28.3 Å². The zero-order valence-electron chi connectivity index (χ0n) is 34.6. The molecule has 2 aliphatic carbocycles. The number of aliphatic hydroxyl groups is 1. The topological polar surface area (TPSA) is 187 Å². The van der Waals surface area contributed by atoms with Crippen molar-refractivity contribution < 1.29 is 32.6 Å². The van der Waals surface area contributed by atoms with E-state index >= 15 is 0 Å². The second-order valence-electron chi connectivity index (χ2n) is 16.8. The summed E-state index contributed by atoms with van der Waals surface area (Å²) in [7, 11) is 3.80.